The van der Waals surface area contributed by atoms with Crippen molar-refractivity contribution in [3.8, 4) is 5.75 Å². The molecule has 0 aromatic heterocycles. The van der Waals surface area contributed by atoms with Crippen molar-refractivity contribution in [3.63, 3.8) is 0 Å². The Morgan fingerprint density at radius 2 is 2.11 bits per heavy atom. The molecule has 1 aliphatic rings. The lowest BCUT2D eigenvalue weighted by Gasteiger charge is -2.32. The Morgan fingerprint density at radius 1 is 1.37 bits per heavy atom. The molecular formula is C16H24BrNO. The molecule has 0 aliphatic carbocycles. The van der Waals surface area contributed by atoms with Crippen molar-refractivity contribution in [2.24, 2.45) is 5.41 Å². The van der Waals surface area contributed by atoms with E-state index >= 15 is 0 Å². The fourth-order valence-electron chi connectivity index (χ4n) is 2.27. The molecule has 3 heteroatoms. The van der Waals surface area contributed by atoms with Gasteiger partial charge in [0.2, 0.25) is 0 Å². The molecular weight excluding hydrogens is 302 g/mol. The Hall–Kier alpha value is -0.540. The highest BCUT2D eigenvalue weighted by atomic mass is 79.9. The first-order chi connectivity index (χ1) is 8.88. The fraction of sp³-hybridized carbons (Fsp3) is 0.625. The Balaban J connectivity index is 2.22. The minimum absolute atomic E-state index is 0.267. The van der Waals surface area contributed by atoms with E-state index in [1.54, 1.807) is 0 Å². The quantitative estimate of drug-likeness (QED) is 0.851. The molecule has 0 radical (unpaired) electrons. The summed E-state index contributed by atoms with van der Waals surface area (Å²) >= 11 is 3.52. The third kappa shape index (κ3) is 3.73. The molecule has 0 spiro atoms. The first-order valence-corrected chi connectivity index (χ1v) is 7.85. The zero-order valence-electron chi connectivity index (χ0n) is 12.3. The van der Waals surface area contributed by atoms with E-state index < -0.39 is 0 Å². The van der Waals surface area contributed by atoms with E-state index in [4.69, 9.17) is 4.74 Å². The lowest BCUT2D eigenvalue weighted by Crippen LogP contribution is -2.39. The largest absolute Gasteiger partial charge is 0.493 e. The molecule has 0 fully saturated rings. The predicted octanol–water partition coefficient (Wildman–Crippen LogP) is 4.69. The number of fused-ring (bicyclic) bond motifs is 1. The maximum atomic E-state index is 5.86. The minimum Gasteiger partial charge on any atom is -0.493 e. The SMILES string of the molecule is CC(NC1CCCOc2cc(Br)ccc21)C(C)(C)C. The number of ether oxygens (including phenoxy) is 1. The van der Waals surface area contributed by atoms with Gasteiger partial charge in [0.25, 0.3) is 0 Å². The van der Waals surface area contributed by atoms with Gasteiger partial charge < -0.3 is 10.1 Å². The van der Waals surface area contributed by atoms with Crippen molar-refractivity contribution in [1.82, 2.24) is 5.32 Å². The molecule has 0 saturated carbocycles. The number of hydrogen-bond acceptors (Lipinski definition) is 2. The first kappa shape index (κ1) is 14.9. The number of nitrogens with one attached hydrogen (secondary N) is 1. The van der Waals surface area contributed by atoms with Crippen LogP contribution in [-0.2, 0) is 0 Å². The summed E-state index contributed by atoms with van der Waals surface area (Å²) in [6.07, 6.45) is 2.23. The second kappa shape index (κ2) is 5.84. The summed E-state index contributed by atoms with van der Waals surface area (Å²) in [6, 6.07) is 7.21. The average molecular weight is 326 g/mol. The van der Waals surface area contributed by atoms with Gasteiger partial charge in [0.15, 0.2) is 0 Å². The lowest BCUT2D eigenvalue weighted by molar-refractivity contribution is 0.257. The molecule has 2 rings (SSSR count). The van der Waals surface area contributed by atoms with Gasteiger partial charge in [0.05, 0.1) is 6.61 Å². The van der Waals surface area contributed by atoms with E-state index in [0.29, 0.717) is 12.1 Å². The zero-order valence-corrected chi connectivity index (χ0v) is 13.9. The van der Waals surface area contributed by atoms with Gasteiger partial charge in [-0.25, -0.2) is 0 Å². The first-order valence-electron chi connectivity index (χ1n) is 7.06. The van der Waals surface area contributed by atoms with E-state index in [1.165, 1.54) is 5.56 Å². The molecule has 0 amide bonds. The monoisotopic (exact) mass is 325 g/mol. The summed E-state index contributed by atoms with van der Waals surface area (Å²) in [5.74, 6) is 1.02. The molecule has 2 nitrogen and oxygen atoms in total. The molecule has 19 heavy (non-hydrogen) atoms. The van der Waals surface area contributed by atoms with Gasteiger partial charge in [-0.3, -0.25) is 0 Å². The maximum absolute atomic E-state index is 5.86. The molecule has 2 atom stereocenters. The van der Waals surface area contributed by atoms with Crippen molar-refractivity contribution in [2.75, 3.05) is 6.61 Å². The minimum atomic E-state index is 0.267. The molecule has 1 heterocycles. The second-order valence-corrected chi connectivity index (χ2v) is 7.40. The number of benzene rings is 1. The van der Waals surface area contributed by atoms with Gasteiger partial charge in [-0.15, -0.1) is 0 Å². The van der Waals surface area contributed by atoms with E-state index in [1.807, 2.05) is 0 Å². The summed E-state index contributed by atoms with van der Waals surface area (Å²) in [5, 5.41) is 3.78. The molecule has 1 aliphatic heterocycles. The van der Waals surface area contributed by atoms with Crippen LogP contribution in [0.5, 0.6) is 5.75 Å². The zero-order chi connectivity index (χ0) is 14.0. The fourth-order valence-corrected chi connectivity index (χ4v) is 2.61. The Labute approximate surface area is 125 Å². The van der Waals surface area contributed by atoms with Crippen molar-refractivity contribution < 1.29 is 4.74 Å². The molecule has 0 saturated heterocycles. The Bertz CT molecular complexity index is 439. The van der Waals surface area contributed by atoms with Crippen LogP contribution >= 0.6 is 15.9 Å². The van der Waals surface area contributed by atoms with E-state index in [-0.39, 0.29) is 5.41 Å². The average Bonchev–Trinajstić information content (AvgIpc) is 2.50. The number of halogens is 1. The van der Waals surface area contributed by atoms with Gasteiger partial charge in [0.1, 0.15) is 5.75 Å². The van der Waals surface area contributed by atoms with Crippen LogP contribution in [0.3, 0.4) is 0 Å². The van der Waals surface area contributed by atoms with Crippen LogP contribution < -0.4 is 10.1 Å². The summed E-state index contributed by atoms with van der Waals surface area (Å²) < 4.78 is 6.94. The summed E-state index contributed by atoms with van der Waals surface area (Å²) in [5.41, 5.74) is 1.56. The third-order valence-electron chi connectivity index (χ3n) is 4.00. The smallest absolute Gasteiger partial charge is 0.125 e. The van der Waals surface area contributed by atoms with E-state index in [0.717, 1.165) is 29.7 Å². The van der Waals surface area contributed by atoms with Crippen LogP contribution in [0.2, 0.25) is 0 Å². The summed E-state index contributed by atoms with van der Waals surface area (Å²) in [6.45, 7) is 9.91. The standard InChI is InChI=1S/C16H24BrNO/c1-11(16(2,3)4)18-14-6-5-9-19-15-10-12(17)7-8-13(14)15/h7-8,10-11,14,18H,5-6,9H2,1-4H3. The summed E-state index contributed by atoms with van der Waals surface area (Å²) in [4.78, 5) is 0. The Morgan fingerprint density at radius 3 is 2.79 bits per heavy atom. The second-order valence-electron chi connectivity index (χ2n) is 6.48. The van der Waals surface area contributed by atoms with Crippen LogP contribution in [0.15, 0.2) is 22.7 Å². The van der Waals surface area contributed by atoms with Crippen molar-refractivity contribution >= 4 is 15.9 Å². The van der Waals surface area contributed by atoms with Crippen molar-refractivity contribution in [3.05, 3.63) is 28.2 Å². The van der Waals surface area contributed by atoms with Crippen molar-refractivity contribution in [2.45, 2.75) is 52.6 Å². The lowest BCUT2D eigenvalue weighted by atomic mass is 9.86. The van der Waals surface area contributed by atoms with Crippen LogP contribution in [-0.4, -0.2) is 12.6 Å². The molecule has 0 bridgehead atoms. The molecule has 1 N–H and O–H groups in total. The van der Waals surface area contributed by atoms with Gasteiger partial charge in [-0.2, -0.15) is 0 Å². The van der Waals surface area contributed by atoms with Crippen LogP contribution in [0, 0.1) is 5.41 Å². The van der Waals surface area contributed by atoms with Crippen LogP contribution in [0.4, 0.5) is 0 Å². The van der Waals surface area contributed by atoms with Crippen molar-refractivity contribution in [1.29, 1.82) is 0 Å². The van der Waals surface area contributed by atoms with Gasteiger partial charge in [0, 0.05) is 22.1 Å². The highest BCUT2D eigenvalue weighted by Crippen LogP contribution is 2.35. The highest BCUT2D eigenvalue weighted by molar-refractivity contribution is 9.10. The molecule has 106 valence electrons. The molecule has 1 aromatic rings. The summed E-state index contributed by atoms with van der Waals surface area (Å²) in [7, 11) is 0. The van der Waals surface area contributed by atoms with Gasteiger partial charge >= 0.3 is 0 Å². The van der Waals surface area contributed by atoms with Gasteiger partial charge in [-0.05, 0) is 37.3 Å². The number of hydrogen-bond donors (Lipinski definition) is 1. The topological polar surface area (TPSA) is 21.3 Å². The van der Waals surface area contributed by atoms with E-state index in [9.17, 15) is 0 Å². The highest BCUT2D eigenvalue weighted by Gasteiger charge is 2.26. The maximum Gasteiger partial charge on any atom is 0.125 e. The van der Waals surface area contributed by atoms with Crippen LogP contribution in [0.1, 0.15) is 52.1 Å². The molecule has 2 unspecified atom stereocenters. The number of rotatable bonds is 2. The van der Waals surface area contributed by atoms with Crippen LogP contribution in [0.25, 0.3) is 0 Å². The van der Waals surface area contributed by atoms with Gasteiger partial charge in [-0.1, -0.05) is 42.8 Å². The normalized spacial score (nSPS) is 21.2. The Kier molecular flexibility index (Phi) is 4.57. The molecule has 1 aromatic carbocycles. The third-order valence-corrected chi connectivity index (χ3v) is 4.49. The predicted molar refractivity (Wildman–Crippen MR) is 83.7 cm³/mol. The van der Waals surface area contributed by atoms with E-state index in [2.05, 4.69) is 67.1 Å².